The maximum Gasteiger partial charge on any atom is 0.433 e. The maximum absolute atomic E-state index is 12.9. The smallest absolute Gasteiger partial charge is 0.341 e. The molecule has 3 aromatic rings. The Bertz CT molecular complexity index is 1260. The fourth-order valence-corrected chi connectivity index (χ4v) is 5.17. The second-order valence-electron chi connectivity index (χ2n) is 9.58. The summed E-state index contributed by atoms with van der Waals surface area (Å²) in [5, 5.41) is 5.24. The van der Waals surface area contributed by atoms with E-state index in [2.05, 4.69) is 15.0 Å². The monoisotopic (exact) mass is 499 g/mol. The van der Waals surface area contributed by atoms with Crippen molar-refractivity contribution in [3.05, 3.63) is 59.5 Å². The summed E-state index contributed by atoms with van der Waals surface area (Å²) in [6.07, 6.45) is 1.62. The molecule has 2 aromatic heterocycles. The number of benzene rings is 1. The number of carbonyl (C=O) groups is 2. The Morgan fingerprint density at radius 3 is 2.47 bits per heavy atom. The second-order valence-corrected chi connectivity index (χ2v) is 9.58. The molecule has 0 N–H and O–H groups in total. The van der Waals surface area contributed by atoms with Crippen molar-refractivity contribution in [2.24, 2.45) is 0 Å². The number of pyridine rings is 1. The van der Waals surface area contributed by atoms with E-state index in [4.69, 9.17) is 0 Å². The lowest BCUT2D eigenvalue weighted by molar-refractivity contribution is -0.141. The van der Waals surface area contributed by atoms with Gasteiger partial charge < -0.3 is 9.80 Å². The van der Waals surface area contributed by atoms with Crippen LogP contribution in [0.4, 0.5) is 13.2 Å². The number of piperidine rings is 1. The number of likely N-dealkylation sites (tertiary alicyclic amines) is 2. The van der Waals surface area contributed by atoms with Gasteiger partial charge in [0.1, 0.15) is 17.9 Å². The zero-order valence-corrected chi connectivity index (χ0v) is 19.9. The molecule has 5 rings (SSSR count). The van der Waals surface area contributed by atoms with Gasteiger partial charge in [-0.2, -0.15) is 18.3 Å². The van der Waals surface area contributed by atoms with Gasteiger partial charge in [-0.3, -0.25) is 14.3 Å². The number of nitrogens with zero attached hydrogens (tertiary/aromatic N) is 5. The van der Waals surface area contributed by atoms with Gasteiger partial charge in [-0.15, -0.1) is 0 Å². The number of fused-ring (bicyclic) bond motifs is 1. The summed E-state index contributed by atoms with van der Waals surface area (Å²) in [6, 6.07) is 9.13. The molecule has 0 saturated carbocycles. The highest BCUT2D eigenvalue weighted by Crippen LogP contribution is 2.27. The molecule has 0 radical (unpaired) electrons. The summed E-state index contributed by atoms with van der Waals surface area (Å²) in [7, 11) is 0. The number of alkyl halides is 3. The lowest BCUT2D eigenvalue weighted by Crippen LogP contribution is -2.46. The Morgan fingerprint density at radius 1 is 1.00 bits per heavy atom. The van der Waals surface area contributed by atoms with Gasteiger partial charge in [0.2, 0.25) is 5.91 Å². The summed E-state index contributed by atoms with van der Waals surface area (Å²) in [6.45, 7) is 4.00. The van der Waals surface area contributed by atoms with Gasteiger partial charge in [0.15, 0.2) is 5.78 Å². The lowest BCUT2D eigenvalue weighted by atomic mass is 10.0. The van der Waals surface area contributed by atoms with E-state index < -0.39 is 17.7 Å². The van der Waals surface area contributed by atoms with Crippen molar-refractivity contribution in [2.45, 2.75) is 50.9 Å². The van der Waals surface area contributed by atoms with Crippen LogP contribution in [0.3, 0.4) is 0 Å². The van der Waals surface area contributed by atoms with E-state index in [0.717, 1.165) is 37.4 Å². The Labute approximate surface area is 206 Å². The van der Waals surface area contributed by atoms with Gasteiger partial charge in [0, 0.05) is 37.1 Å². The molecule has 0 aliphatic carbocycles. The maximum atomic E-state index is 12.9. The number of hydrogen-bond donors (Lipinski definition) is 0. The average molecular weight is 500 g/mol. The Hall–Kier alpha value is -3.27. The van der Waals surface area contributed by atoms with E-state index in [-0.39, 0.29) is 24.6 Å². The highest BCUT2D eigenvalue weighted by molar-refractivity contribution is 5.96. The van der Waals surface area contributed by atoms with Crippen molar-refractivity contribution in [1.29, 1.82) is 0 Å². The minimum Gasteiger partial charge on any atom is -0.341 e. The predicted octanol–water partition coefficient (Wildman–Crippen LogP) is 3.96. The third-order valence-electron chi connectivity index (χ3n) is 7.08. The van der Waals surface area contributed by atoms with Gasteiger partial charge in [0.05, 0.1) is 5.52 Å². The molecule has 36 heavy (non-hydrogen) atoms. The quantitative estimate of drug-likeness (QED) is 0.480. The molecule has 7 nitrogen and oxygen atoms in total. The molecule has 2 saturated heterocycles. The standard InChI is InChI=1S/C26H28F3N5O2/c27-26(28,29)24-5-3-4-22(30-24)23(35)15-18-6-7-21-19(14-18)16-34(31-21)17-25(36)33-12-8-20(9-13-33)32-10-1-2-11-32/h3-7,14,16,20H,1-2,8-13,15,17H2. The number of amides is 1. The van der Waals surface area contributed by atoms with Gasteiger partial charge in [-0.25, -0.2) is 4.98 Å². The molecule has 2 aliphatic heterocycles. The topological polar surface area (TPSA) is 71.3 Å². The first-order valence-electron chi connectivity index (χ1n) is 12.3. The Balaban J connectivity index is 1.20. The normalized spacial score (nSPS) is 17.7. The number of ketones is 1. The molecule has 0 unspecified atom stereocenters. The van der Waals surface area contributed by atoms with Crippen LogP contribution in [0.1, 0.15) is 47.4 Å². The van der Waals surface area contributed by atoms with Crippen molar-refractivity contribution in [3.8, 4) is 0 Å². The number of aromatic nitrogens is 3. The van der Waals surface area contributed by atoms with Gasteiger partial charge in [-0.05, 0) is 68.6 Å². The van der Waals surface area contributed by atoms with Gasteiger partial charge >= 0.3 is 6.18 Å². The summed E-state index contributed by atoms with van der Waals surface area (Å²) >= 11 is 0. The van der Waals surface area contributed by atoms with Crippen molar-refractivity contribution < 1.29 is 22.8 Å². The summed E-state index contributed by atoms with van der Waals surface area (Å²) in [5.74, 6) is -0.464. The van der Waals surface area contributed by atoms with Crippen LogP contribution in [-0.2, 0) is 23.9 Å². The van der Waals surface area contributed by atoms with Crippen molar-refractivity contribution >= 4 is 22.6 Å². The van der Waals surface area contributed by atoms with Crippen LogP contribution in [0.5, 0.6) is 0 Å². The van der Waals surface area contributed by atoms with E-state index in [1.54, 1.807) is 29.1 Å². The van der Waals surface area contributed by atoms with Crippen LogP contribution >= 0.6 is 0 Å². The molecular weight excluding hydrogens is 471 g/mol. The van der Waals surface area contributed by atoms with E-state index >= 15 is 0 Å². The van der Waals surface area contributed by atoms with Crippen LogP contribution in [-0.4, -0.2) is 68.5 Å². The SMILES string of the molecule is O=C(Cc1ccc2nn(CC(=O)N3CCC(N4CCCC4)CC3)cc2c1)c1cccc(C(F)(F)F)n1. The number of carbonyl (C=O) groups excluding carboxylic acids is 2. The first kappa shape index (κ1) is 24.4. The third kappa shape index (κ3) is 5.43. The molecule has 190 valence electrons. The molecule has 0 spiro atoms. The number of halogens is 3. The zero-order valence-electron chi connectivity index (χ0n) is 19.9. The summed E-state index contributed by atoms with van der Waals surface area (Å²) in [5.41, 5.74) is 0.0141. The van der Waals surface area contributed by atoms with Crippen LogP contribution in [0.2, 0.25) is 0 Å². The molecule has 2 fully saturated rings. The molecule has 0 bridgehead atoms. The fraction of sp³-hybridized carbons (Fsp3) is 0.462. The predicted molar refractivity (Wildman–Crippen MR) is 127 cm³/mol. The van der Waals surface area contributed by atoms with Gasteiger partial charge in [-0.1, -0.05) is 12.1 Å². The van der Waals surface area contributed by atoms with E-state index in [1.165, 1.54) is 38.1 Å². The molecule has 0 atom stereocenters. The van der Waals surface area contributed by atoms with Crippen LogP contribution in [0, 0.1) is 0 Å². The van der Waals surface area contributed by atoms with Crippen molar-refractivity contribution in [2.75, 3.05) is 26.2 Å². The number of Topliss-reactive ketones (excluding diaryl/α,β-unsaturated/α-hetero) is 1. The average Bonchev–Trinajstić information content (AvgIpc) is 3.53. The molecule has 10 heteroatoms. The number of rotatable bonds is 6. The highest BCUT2D eigenvalue weighted by atomic mass is 19.4. The van der Waals surface area contributed by atoms with Crippen LogP contribution in [0.15, 0.2) is 42.6 Å². The minimum atomic E-state index is -4.61. The summed E-state index contributed by atoms with van der Waals surface area (Å²) < 4.78 is 40.4. The van der Waals surface area contributed by atoms with Crippen LogP contribution < -0.4 is 0 Å². The first-order chi connectivity index (χ1) is 17.3. The van der Waals surface area contributed by atoms with Crippen molar-refractivity contribution in [1.82, 2.24) is 24.6 Å². The molecule has 2 aliphatic rings. The highest BCUT2D eigenvalue weighted by Gasteiger charge is 2.33. The molecule has 1 aromatic carbocycles. The first-order valence-corrected chi connectivity index (χ1v) is 12.3. The minimum absolute atomic E-state index is 0.0358. The largest absolute Gasteiger partial charge is 0.433 e. The Kier molecular flexibility index (Phi) is 6.79. The van der Waals surface area contributed by atoms with Gasteiger partial charge in [0.25, 0.3) is 0 Å². The van der Waals surface area contributed by atoms with E-state index in [1.807, 2.05) is 4.90 Å². The zero-order chi connectivity index (χ0) is 25.3. The van der Waals surface area contributed by atoms with E-state index in [9.17, 15) is 22.8 Å². The fourth-order valence-electron chi connectivity index (χ4n) is 5.17. The molecular formula is C26H28F3N5O2. The molecule has 4 heterocycles. The second kappa shape index (κ2) is 10.0. The molecule has 1 amide bonds. The number of hydrogen-bond acceptors (Lipinski definition) is 5. The van der Waals surface area contributed by atoms with Crippen molar-refractivity contribution in [3.63, 3.8) is 0 Å². The van der Waals surface area contributed by atoms with E-state index in [0.29, 0.717) is 17.1 Å². The van der Waals surface area contributed by atoms with Crippen LogP contribution in [0.25, 0.3) is 10.9 Å². The summed E-state index contributed by atoms with van der Waals surface area (Å²) in [4.78, 5) is 33.3. The lowest BCUT2D eigenvalue weighted by Gasteiger charge is -2.36. The third-order valence-corrected chi connectivity index (χ3v) is 7.08. The Morgan fingerprint density at radius 2 is 1.75 bits per heavy atom.